The molecule has 0 fully saturated rings. The maximum Gasteiger partial charge on any atom is 0.258 e. The SMILES string of the molecule is CCC[C@@H](C)NC(=O)COc1ccc(F)cc1. The standard InChI is InChI=1S/C13H18FNO2/c1-3-4-10(2)15-13(16)9-17-12-7-5-11(14)6-8-12/h5-8,10H,3-4,9H2,1-2H3,(H,15,16)/t10-/m1/s1. The number of hydrogen-bond acceptors (Lipinski definition) is 2. The molecule has 1 N–H and O–H groups in total. The molecule has 0 heterocycles. The van der Waals surface area contributed by atoms with Crippen LogP contribution in [0.1, 0.15) is 26.7 Å². The number of halogens is 1. The number of amides is 1. The van der Waals surface area contributed by atoms with E-state index < -0.39 is 0 Å². The molecule has 0 spiro atoms. The molecule has 17 heavy (non-hydrogen) atoms. The van der Waals surface area contributed by atoms with E-state index in [1.54, 1.807) is 0 Å². The first-order valence-electron chi connectivity index (χ1n) is 5.79. The van der Waals surface area contributed by atoms with Gasteiger partial charge in [-0.3, -0.25) is 4.79 Å². The number of carbonyl (C=O) groups is 1. The van der Waals surface area contributed by atoms with Gasteiger partial charge in [-0.2, -0.15) is 0 Å². The number of carbonyl (C=O) groups excluding carboxylic acids is 1. The lowest BCUT2D eigenvalue weighted by Gasteiger charge is -2.13. The highest BCUT2D eigenvalue weighted by atomic mass is 19.1. The van der Waals surface area contributed by atoms with Crippen molar-refractivity contribution in [2.24, 2.45) is 0 Å². The molecule has 0 saturated carbocycles. The first kappa shape index (κ1) is 13.5. The molecule has 1 aromatic carbocycles. The van der Waals surface area contributed by atoms with Gasteiger partial charge in [0.1, 0.15) is 11.6 Å². The molecule has 0 aliphatic rings. The third-order valence-electron chi connectivity index (χ3n) is 2.31. The van der Waals surface area contributed by atoms with Crippen molar-refractivity contribution in [3.8, 4) is 5.75 Å². The highest BCUT2D eigenvalue weighted by molar-refractivity contribution is 5.77. The molecule has 94 valence electrons. The van der Waals surface area contributed by atoms with Crippen LogP contribution in [0.2, 0.25) is 0 Å². The second-order valence-corrected chi connectivity index (χ2v) is 4.00. The summed E-state index contributed by atoms with van der Waals surface area (Å²) in [5, 5.41) is 2.82. The predicted octanol–water partition coefficient (Wildman–Crippen LogP) is 2.51. The molecule has 1 atom stereocenters. The lowest BCUT2D eigenvalue weighted by molar-refractivity contribution is -0.123. The summed E-state index contributed by atoms with van der Waals surface area (Å²) < 4.78 is 17.8. The van der Waals surface area contributed by atoms with E-state index in [2.05, 4.69) is 12.2 Å². The van der Waals surface area contributed by atoms with Gasteiger partial charge in [-0.25, -0.2) is 4.39 Å². The quantitative estimate of drug-likeness (QED) is 0.828. The Balaban J connectivity index is 2.30. The number of hydrogen-bond donors (Lipinski definition) is 1. The van der Waals surface area contributed by atoms with Crippen LogP contribution in [0.3, 0.4) is 0 Å². The smallest absolute Gasteiger partial charge is 0.258 e. The Morgan fingerprint density at radius 3 is 2.65 bits per heavy atom. The molecule has 0 aliphatic heterocycles. The van der Waals surface area contributed by atoms with Gasteiger partial charge in [-0.05, 0) is 37.6 Å². The summed E-state index contributed by atoms with van der Waals surface area (Å²) in [6.45, 7) is 3.98. The highest BCUT2D eigenvalue weighted by Crippen LogP contribution is 2.10. The van der Waals surface area contributed by atoms with Crippen molar-refractivity contribution in [2.75, 3.05) is 6.61 Å². The van der Waals surface area contributed by atoms with Crippen LogP contribution in [0.4, 0.5) is 4.39 Å². The molecule has 3 nitrogen and oxygen atoms in total. The fourth-order valence-corrected chi connectivity index (χ4v) is 1.50. The lowest BCUT2D eigenvalue weighted by atomic mass is 10.2. The Morgan fingerprint density at radius 2 is 2.06 bits per heavy atom. The van der Waals surface area contributed by atoms with Crippen molar-refractivity contribution >= 4 is 5.91 Å². The molecule has 0 aliphatic carbocycles. The molecule has 1 amide bonds. The Bertz CT molecular complexity index is 351. The number of rotatable bonds is 6. The van der Waals surface area contributed by atoms with Gasteiger partial charge in [0.05, 0.1) is 0 Å². The minimum Gasteiger partial charge on any atom is -0.484 e. The zero-order chi connectivity index (χ0) is 12.7. The van der Waals surface area contributed by atoms with Crippen molar-refractivity contribution in [3.63, 3.8) is 0 Å². The molecule has 0 bridgehead atoms. The molecule has 4 heteroatoms. The van der Waals surface area contributed by atoms with Crippen molar-refractivity contribution in [3.05, 3.63) is 30.1 Å². The summed E-state index contributed by atoms with van der Waals surface area (Å²) in [5.74, 6) is 0.0124. The van der Waals surface area contributed by atoms with E-state index in [1.165, 1.54) is 24.3 Å². The fourth-order valence-electron chi connectivity index (χ4n) is 1.50. The third kappa shape index (κ3) is 5.33. The van der Waals surface area contributed by atoms with Gasteiger partial charge in [-0.1, -0.05) is 13.3 Å². The largest absolute Gasteiger partial charge is 0.484 e. The van der Waals surface area contributed by atoms with Crippen molar-refractivity contribution in [2.45, 2.75) is 32.7 Å². The van der Waals surface area contributed by atoms with Gasteiger partial charge in [-0.15, -0.1) is 0 Å². The van der Waals surface area contributed by atoms with Crippen LogP contribution >= 0.6 is 0 Å². The van der Waals surface area contributed by atoms with Gasteiger partial charge >= 0.3 is 0 Å². The van der Waals surface area contributed by atoms with Gasteiger partial charge in [0.25, 0.3) is 5.91 Å². The second-order valence-electron chi connectivity index (χ2n) is 4.00. The van der Waals surface area contributed by atoms with Gasteiger partial charge in [0.15, 0.2) is 6.61 Å². The van der Waals surface area contributed by atoms with Crippen LogP contribution < -0.4 is 10.1 Å². The second kappa shape index (κ2) is 6.89. The Kier molecular flexibility index (Phi) is 5.46. The summed E-state index contributed by atoms with van der Waals surface area (Å²) in [4.78, 5) is 11.5. The van der Waals surface area contributed by atoms with Crippen LogP contribution in [0, 0.1) is 5.82 Å². The summed E-state index contributed by atoms with van der Waals surface area (Å²) in [6.07, 6.45) is 1.97. The molecule has 0 saturated heterocycles. The van der Waals surface area contributed by atoms with Gasteiger partial charge in [0.2, 0.25) is 0 Å². The molecule has 0 unspecified atom stereocenters. The molecule has 0 radical (unpaired) electrons. The van der Waals surface area contributed by atoms with Crippen LogP contribution in [0.25, 0.3) is 0 Å². The Morgan fingerprint density at radius 1 is 1.41 bits per heavy atom. The van der Waals surface area contributed by atoms with Crippen LogP contribution in [0.5, 0.6) is 5.75 Å². The maximum atomic E-state index is 12.6. The number of nitrogens with one attached hydrogen (secondary N) is 1. The minimum absolute atomic E-state index is 0.0420. The summed E-state index contributed by atoms with van der Waals surface area (Å²) >= 11 is 0. The molecule has 1 rings (SSSR count). The van der Waals surface area contributed by atoms with Gasteiger partial charge < -0.3 is 10.1 Å². The van der Waals surface area contributed by atoms with E-state index in [0.717, 1.165) is 12.8 Å². The fraction of sp³-hybridized carbons (Fsp3) is 0.462. The van der Waals surface area contributed by atoms with E-state index >= 15 is 0 Å². The molecular formula is C13H18FNO2. The predicted molar refractivity (Wildman–Crippen MR) is 64.4 cm³/mol. The zero-order valence-electron chi connectivity index (χ0n) is 10.2. The number of ether oxygens (including phenoxy) is 1. The first-order valence-corrected chi connectivity index (χ1v) is 5.79. The van der Waals surface area contributed by atoms with Crippen LogP contribution in [-0.2, 0) is 4.79 Å². The average Bonchev–Trinajstić information content (AvgIpc) is 2.28. The Labute approximate surface area is 101 Å². The summed E-state index contributed by atoms with van der Waals surface area (Å²) in [7, 11) is 0. The maximum absolute atomic E-state index is 12.6. The van der Waals surface area contributed by atoms with E-state index in [-0.39, 0.29) is 24.4 Å². The van der Waals surface area contributed by atoms with Gasteiger partial charge in [0, 0.05) is 6.04 Å². The average molecular weight is 239 g/mol. The third-order valence-corrected chi connectivity index (χ3v) is 2.31. The number of benzene rings is 1. The molecular weight excluding hydrogens is 221 g/mol. The minimum atomic E-state index is -0.321. The molecule has 0 aromatic heterocycles. The molecule has 1 aromatic rings. The van der Waals surface area contributed by atoms with E-state index in [4.69, 9.17) is 4.74 Å². The first-order chi connectivity index (χ1) is 8.11. The van der Waals surface area contributed by atoms with E-state index in [0.29, 0.717) is 5.75 Å². The summed E-state index contributed by atoms with van der Waals surface area (Å²) in [6, 6.07) is 5.75. The van der Waals surface area contributed by atoms with Crippen molar-refractivity contribution in [1.29, 1.82) is 0 Å². The van der Waals surface area contributed by atoms with Crippen LogP contribution in [-0.4, -0.2) is 18.6 Å². The monoisotopic (exact) mass is 239 g/mol. The van der Waals surface area contributed by atoms with E-state index in [9.17, 15) is 9.18 Å². The van der Waals surface area contributed by atoms with E-state index in [1.807, 2.05) is 6.92 Å². The normalized spacial score (nSPS) is 11.9. The zero-order valence-corrected chi connectivity index (χ0v) is 10.2. The lowest BCUT2D eigenvalue weighted by Crippen LogP contribution is -2.35. The Hall–Kier alpha value is -1.58. The topological polar surface area (TPSA) is 38.3 Å². The van der Waals surface area contributed by atoms with Crippen LogP contribution in [0.15, 0.2) is 24.3 Å². The summed E-state index contributed by atoms with van der Waals surface area (Å²) in [5.41, 5.74) is 0. The van der Waals surface area contributed by atoms with Crippen molar-refractivity contribution in [1.82, 2.24) is 5.32 Å². The van der Waals surface area contributed by atoms with Crippen molar-refractivity contribution < 1.29 is 13.9 Å². The highest BCUT2D eigenvalue weighted by Gasteiger charge is 2.06.